The molecule has 2 heteroatoms. The predicted molar refractivity (Wildman–Crippen MR) is 132 cm³/mol. The highest BCUT2D eigenvalue weighted by molar-refractivity contribution is 5.84. The molecule has 4 aromatic rings. The monoisotopic (exact) mass is 411 g/mol. The van der Waals surface area contributed by atoms with Crippen LogP contribution in [0.4, 0.5) is 0 Å². The first-order chi connectivity index (χ1) is 15.2. The van der Waals surface area contributed by atoms with E-state index in [2.05, 4.69) is 90.5 Å². The van der Waals surface area contributed by atoms with Gasteiger partial charge in [0.05, 0.1) is 0 Å². The van der Waals surface area contributed by atoms with Gasteiger partial charge in [-0.2, -0.15) is 0 Å². The zero-order chi connectivity index (χ0) is 21.5. The van der Waals surface area contributed by atoms with Crippen LogP contribution in [0, 0.1) is 6.92 Å². The van der Waals surface area contributed by atoms with E-state index in [1.807, 2.05) is 6.07 Å². The summed E-state index contributed by atoms with van der Waals surface area (Å²) >= 11 is 0. The third kappa shape index (κ3) is 5.73. The van der Waals surface area contributed by atoms with Crippen molar-refractivity contribution in [3.63, 3.8) is 0 Å². The number of fused-ring (bicyclic) bond motifs is 1. The minimum atomic E-state index is 0. The standard InChI is InChI=1S/C29H31NO.H2/c1-23-10-7-14-25(20-23)21-30-22-26(28-18-5-6-19-29(28)30)15-9-17-27(31)16-8-13-24-11-3-2-4-12-24;/h2-7,10-12,14,18-20,22H,8-9,13,15-17,21H2,1H3;1H. The highest BCUT2D eigenvalue weighted by Crippen LogP contribution is 2.24. The zero-order valence-electron chi connectivity index (χ0n) is 18.4. The first-order valence-electron chi connectivity index (χ1n) is 11.4. The van der Waals surface area contributed by atoms with Gasteiger partial charge in [-0.05, 0) is 55.4 Å². The number of rotatable bonds is 10. The normalized spacial score (nSPS) is 11.1. The Balaban J connectivity index is 0.00000289. The van der Waals surface area contributed by atoms with E-state index in [4.69, 9.17) is 0 Å². The van der Waals surface area contributed by atoms with E-state index in [1.165, 1.54) is 33.2 Å². The minimum Gasteiger partial charge on any atom is -0.343 e. The average molecular weight is 412 g/mol. The van der Waals surface area contributed by atoms with Crippen molar-refractivity contribution >= 4 is 16.7 Å². The number of nitrogens with zero attached hydrogens (tertiary/aromatic N) is 1. The number of hydrogen-bond donors (Lipinski definition) is 0. The second-order valence-electron chi connectivity index (χ2n) is 8.52. The molecule has 0 aliphatic rings. The van der Waals surface area contributed by atoms with Crippen LogP contribution in [0.1, 0.15) is 49.4 Å². The number of ketones is 1. The maximum Gasteiger partial charge on any atom is 0.132 e. The molecule has 4 rings (SSSR count). The Kier molecular flexibility index (Phi) is 6.99. The third-order valence-corrected chi connectivity index (χ3v) is 5.97. The molecule has 0 bridgehead atoms. The van der Waals surface area contributed by atoms with Crippen LogP contribution >= 0.6 is 0 Å². The van der Waals surface area contributed by atoms with Gasteiger partial charge in [0.25, 0.3) is 0 Å². The maximum atomic E-state index is 12.4. The van der Waals surface area contributed by atoms with Gasteiger partial charge in [-0.3, -0.25) is 4.79 Å². The van der Waals surface area contributed by atoms with Crippen LogP contribution in [-0.2, 0) is 24.2 Å². The number of carbonyl (C=O) groups excluding carboxylic acids is 1. The second kappa shape index (κ2) is 10.3. The van der Waals surface area contributed by atoms with Crippen molar-refractivity contribution in [2.45, 2.75) is 52.0 Å². The summed E-state index contributed by atoms with van der Waals surface area (Å²) < 4.78 is 2.35. The largest absolute Gasteiger partial charge is 0.343 e. The molecular weight excluding hydrogens is 378 g/mol. The highest BCUT2D eigenvalue weighted by atomic mass is 16.1. The van der Waals surface area contributed by atoms with Gasteiger partial charge in [0.1, 0.15) is 5.78 Å². The lowest BCUT2D eigenvalue weighted by Gasteiger charge is -2.06. The van der Waals surface area contributed by atoms with E-state index >= 15 is 0 Å². The molecule has 0 aliphatic heterocycles. The summed E-state index contributed by atoms with van der Waals surface area (Å²) in [6.45, 7) is 3.01. The summed E-state index contributed by atoms with van der Waals surface area (Å²) in [4.78, 5) is 12.4. The molecule has 0 spiro atoms. The number of Topliss-reactive ketones (excluding diaryl/α,β-unsaturated/α-hetero) is 1. The smallest absolute Gasteiger partial charge is 0.132 e. The van der Waals surface area contributed by atoms with Gasteiger partial charge in [-0.15, -0.1) is 0 Å². The lowest BCUT2D eigenvalue weighted by Crippen LogP contribution is -2.00. The Morgan fingerprint density at radius 3 is 2.32 bits per heavy atom. The number of para-hydroxylation sites is 1. The van der Waals surface area contributed by atoms with Crippen LogP contribution < -0.4 is 0 Å². The van der Waals surface area contributed by atoms with Gasteiger partial charge in [-0.25, -0.2) is 0 Å². The lowest BCUT2D eigenvalue weighted by molar-refractivity contribution is -0.119. The van der Waals surface area contributed by atoms with E-state index < -0.39 is 0 Å². The number of aryl methyl sites for hydroxylation is 3. The van der Waals surface area contributed by atoms with Crippen LogP contribution in [-0.4, -0.2) is 10.4 Å². The van der Waals surface area contributed by atoms with E-state index in [9.17, 15) is 4.79 Å². The quantitative estimate of drug-likeness (QED) is 0.271. The van der Waals surface area contributed by atoms with Crippen LogP contribution in [0.15, 0.2) is 85.1 Å². The van der Waals surface area contributed by atoms with Gasteiger partial charge < -0.3 is 4.57 Å². The van der Waals surface area contributed by atoms with Gasteiger partial charge in [0, 0.05) is 37.9 Å². The Bertz CT molecular complexity index is 1150. The van der Waals surface area contributed by atoms with Crippen molar-refractivity contribution in [2.75, 3.05) is 0 Å². The summed E-state index contributed by atoms with van der Waals surface area (Å²) in [5, 5.41) is 1.31. The molecule has 1 aromatic heterocycles. The molecule has 1 heterocycles. The molecule has 0 aliphatic carbocycles. The SMILES string of the molecule is Cc1cccc(Cn2cc(CCCC(=O)CCCc3ccccc3)c3ccccc32)c1.[HH]. The first-order valence-corrected chi connectivity index (χ1v) is 11.4. The fraction of sp³-hybridized carbons (Fsp3) is 0.276. The number of hydrogen-bond acceptors (Lipinski definition) is 1. The number of carbonyl (C=O) groups is 1. The molecule has 160 valence electrons. The van der Waals surface area contributed by atoms with Crippen molar-refractivity contribution in [3.8, 4) is 0 Å². The van der Waals surface area contributed by atoms with Crippen molar-refractivity contribution < 1.29 is 6.22 Å². The van der Waals surface area contributed by atoms with Gasteiger partial charge in [-0.1, -0.05) is 78.4 Å². The molecule has 0 unspecified atom stereocenters. The van der Waals surface area contributed by atoms with E-state index in [1.54, 1.807) is 0 Å². The maximum absolute atomic E-state index is 12.4. The summed E-state index contributed by atoms with van der Waals surface area (Å²) in [5.41, 5.74) is 6.55. The third-order valence-electron chi connectivity index (χ3n) is 5.97. The Hall–Kier alpha value is -3.13. The Labute approximate surface area is 187 Å². The van der Waals surface area contributed by atoms with Crippen LogP contribution in [0.3, 0.4) is 0 Å². The zero-order valence-corrected chi connectivity index (χ0v) is 18.4. The van der Waals surface area contributed by atoms with Crippen LogP contribution in [0.25, 0.3) is 10.9 Å². The Morgan fingerprint density at radius 2 is 1.52 bits per heavy atom. The van der Waals surface area contributed by atoms with Crippen LogP contribution in [0.2, 0.25) is 0 Å². The average Bonchev–Trinajstić information content (AvgIpc) is 3.12. The second-order valence-corrected chi connectivity index (χ2v) is 8.52. The van der Waals surface area contributed by atoms with Crippen LogP contribution in [0.5, 0.6) is 0 Å². The molecule has 0 N–H and O–H groups in total. The fourth-order valence-electron chi connectivity index (χ4n) is 4.40. The molecule has 0 saturated heterocycles. The molecule has 31 heavy (non-hydrogen) atoms. The molecule has 0 saturated carbocycles. The summed E-state index contributed by atoms with van der Waals surface area (Å²) in [7, 11) is 0. The molecule has 2 nitrogen and oxygen atoms in total. The van der Waals surface area contributed by atoms with Crippen molar-refractivity contribution in [1.82, 2.24) is 4.57 Å². The molecule has 0 atom stereocenters. The van der Waals surface area contributed by atoms with Gasteiger partial charge in [0.2, 0.25) is 0 Å². The summed E-state index contributed by atoms with van der Waals surface area (Å²) in [6, 6.07) is 27.8. The topological polar surface area (TPSA) is 22.0 Å². The predicted octanol–water partition coefficient (Wildman–Crippen LogP) is 7.16. The minimum absolute atomic E-state index is 0. The lowest BCUT2D eigenvalue weighted by atomic mass is 10.0. The fourth-order valence-corrected chi connectivity index (χ4v) is 4.40. The van der Waals surface area contributed by atoms with Crippen molar-refractivity contribution in [1.29, 1.82) is 0 Å². The molecule has 0 amide bonds. The molecule has 0 fully saturated rings. The van der Waals surface area contributed by atoms with E-state index in [-0.39, 0.29) is 1.43 Å². The molecule has 3 aromatic carbocycles. The molecular formula is C29H33NO. The van der Waals surface area contributed by atoms with Crippen molar-refractivity contribution in [3.05, 3.63) is 107 Å². The number of aromatic nitrogens is 1. The number of benzene rings is 3. The van der Waals surface area contributed by atoms with Gasteiger partial charge in [0.15, 0.2) is 0 Å². The Morgan fingerprint density at radius 1 is 0.806 bits per heavy atom. The van der Waals surface area contributed by atoms with E-state index in [0.29, 0.717) is 18.6 Å². The highest BCUT2D eigenvalue weighted by Gasteiger charge is 2.10. The van der Waals surface area contributed by atoms with E-state index in [0.717, 1.165) is 32.2 Å². The first kappa shape index (κ1) is 21.1. The van der Waals surface area contributed by atoms with Crippen molar-refractivity contribution in [2.24, 2.45) is 0 Å². The van der Waals surface area contributed by atoms with Gasteiger partial charge >= 0.3 is 0 Å². The summed E-state index contributed by atoms with van der Waals surface area (Å²) in [6.07, 6.45) is 7.44. The molecule has 0 radical (unpaired) electrons. The summed E-state index contributed by atoms with van der Waals surface area (Å²) in [5.74, 6) is 0.388.